The first kappa shape index (κ1) is 27.8. The molecule has 0 aromatic heterocycles. The van der Waals surface area contributed by atoms with Gasteiger partial charge in [-0.2, -0.15) is 0 Å². The number of azo groups is 1. The zero-order chi connectivity index (χ0) is 27.1. The second-order valence-electron chi connectivity index (χ2n) is 10.5. The molecule has 0 bridgehead atoms. The van der Waals surface area contributed by atoms with E-state index in [2.05, 4.69) is 20.9 Å². The van der Waals surface area contributed by atoms with Gasteiger partial charge >= 0.3 is 0 Å². The fourth-order valence-corrected chi connectivity index (χ4v) is 5.81. The second-order valence-corrected chi connectivity index (χ2v) is 10.5. The fourth-order valence-electron chi connectivity index (χ4n) is 5.81. The quantitative estimate of drug-likeness (QED) is 0.176. The van der Waals surface area contributed by atoms with Crippen molar-refractivity contribution < 1.29 is 19.1 Å². The van der Waals surface area contributed by atoms with Crippen LogP contribution in [0, 0.1) is 0 Å². The smallest absolute Gasteiger partial charge is 0.277 e. The number of amides is 3. The Balaban J connectivity index is 1.66. The first-order valence-electron chi connectivity index (χ1n) is 14.3. The summed E-state index contributed by atoms with van der Waals surface area (Å²) in [5.41, 5.74) is 0.877. The predicted octanol–water partition coefficient (Wildman–Crippen LogP) is 5.74. The SMILES string of the molecule is CCC(CC)N1C(=O)c2cccc(N=N/C(C(=O)NC3CCCCC3)=C(/NC3CCCCC3)OC)c2C1=O. The van der Waals surface area contributed by atoms with Gasteiger partial charge in [0.05, 0.1) is 23.9 Å². The van der Waals surface area contributed by atoms with Gasteiger partial charge in [0.15, 0.2) is 0 Å². The topological polar surface area (TPSA) is 112 Å². The minimum atomic E-state index is -0.363. The molecule has 1 aliphatic heterocycles. The maximum absolute atomic E-state index is 13.5. The number of methoxy groups -OCH3 is 1. The van der Waals surface area contributed by atoms with Crippen LogP contribution in [-0.2, 0) is 9.53 Å². The third-order valence-corrected chi connectivity index (χ3v) is 8.00. The number of fused-ring (bicyclic) bond motifs is 1. The predicted molar refractivity (Wildman–Crippen MR) is 145 cm³/mol. The van der Waals surface area contributed by atoms with Crippen molar-refractivity contribution in [2.45, 2.75) is 109 Å². The van der Waals surface area contributed by atoms with Crippen molar-refractivity contribution in [3.05, 3.63) is 40.9 Å². The molecule has 4 rings (SSSR count). The minimum Gasteiger partial charge on any atom is -0.481 e. The number of rotatable bonds is 10. The number of hydrogen-bond donors (Lipinski definition) is 2. The molecule has 38 heavy (non-hydrogen) atoms. The van der Waals surface area contributed by atoms with Crippen LogP contribution in [-0.4, -0.2) is 47.9 Å². The lowest BCUT2D eigenvalue weighted by Gasteiger charge is -2.26. The van der Waals surface area contributed by atoms with Crippen molar-refractivity contribution >= 4 is 23.4 Å². The molecular weight excluding hydrogens is 482 g/mol. The van der Waals surface area contributed by atoms with Crippen LogP contribution >= 0.6 is 0 Å². The fraction of sp³-hybridized carbons (Fsp3) is 0.621. The summed E-state index contributed by atoms with van der Waals surface area (Å²) in [6.45, 7) is 3.93. The van der Waals surface area contributed by atoms with Gasteiger partial charge in [-0.1, -0.05) is 58.4 Å². The third-order valence-electron chi connectivity index (χ3n) is 8.00. The summed E-state index contributed by atoms with van der Waals surface area (Å²) in [5.74, 6) is -0.743. The Bertz CT molecular complexity index is 1080. The molecule has 2 aliphatic carbocycles. The van der Waals surface area contributed by atoms with E-state index in [4.69, 9.17) is 4.74 Å². The molecule has 2 saturated carbocycles. The number of carbonyl (C=O) groups is 3. The summed E-state index contributed by atoms with van der Waals surface area (Å²) >= 11 is 0. The van der Waals surface area contributed by atoms with E-state index in [-0.39, 0.29) is 58.7 Å². The molecule has 3 amide bonds. The minimum absolute atomic E-state index is 0.0508. The number of nitrogens with zero attached hydrogens (tertiary/aromatic N) is 3. The van der Waals surface area contributed by atoms with Crippen molar-refractivity contribution in [2.24, 2.45) is 10.2 Å². The highest BCUT2D eigenvalue weighted by Crippen LogP contribution is 2.34. The number of ether oxygens (including phenoxy) is 1. The molecule has 0 saturated heterocycles. The van der Waals surface area contributed by atoms with Crippen LogP contribution in [0.1, 0.15) is 112 Å². The average molecular weight is 524 g/mol. The maximum Gasteiger partial charge on any atom is 0.277 e. The average Bonchev–Trinajstić information content (AvgIpc) is 3.20. The van der Waals surface area contributed by atoms with Crippen LogP contribution < -0.4 is 10.6 Å². The molecule has 2 fully saturated rings. The van der Waals surface area contributed by atoms with Gasteiger partial charge in [0.1, 0.15) is 0 Å². The van der Waals surface area contributed by atoms with Gasteiger partial charge < -0.3 is 15.4 Å². The Hall–Kier alpha value is -3.23. The lowest BCUT2D eigenvalue weighted by Crippen LogP contribution is -2.39. The summed E-state index contributed by atoms with van der Waals surface area (Å²) in [6.07, 6.45) is 12.0. The van der Waals surface area contributed by atoms with E-state index in [0.717, 1.165) is 51.4 Å². The van der Waals surface area contributed by atoms with Crippen molar-refractivity contribution in [1.82, 2.24) is 15.5 Å². The van der Waals surface area contributed by atoms with Gasteiger partial charge in [0.2, 0.25) is 11.6 Å². The molecule has 1 aromatic rings. The van der Waals surface area contributed by atoms with Crippen LogP contribution in [0.5, 0.6) is 0 Å². The normalized spacial score (nSPS) is 19.6. The van der Waals surface area contributed by atoms with Crippen molar-refractivity contribution in [3.63, 3.8) is 0 Å². The molecule has 9 nitrogen and oxygen atoms in total. The van der Waals surface area contributed by atoms with Crippen LogP contribution in [0.3, 0.4) is 0 Å². The zero-order valence-corrected chi connectivity index (χ0v) is 22.9. The van der Waals surface area contributed by atoms with Crippen molar-refractivity contribution in [1.29, 1.82) is 0 Å². The molecule has 0 radical (unpaired) electrons. The summed E-state index contributed by atoms with van der Waals surface area (Å²) < 4.78 is 5.65. The summed E-state index contributed by atoms with van der Waals surface area (Å²) in [5, 5.41) is 15.2. The number of hydrogen-bond acceptors (Lipinski definition) is 7. The van der Waals surface area contributed by atoms with Crippen LogP contribution in [0.25, 0.3) is 0 Å². The van der Waals surface area contributed by atoms with Crippen molar-refractivity contribution in [2.75, 3.05) is 7.11 Å². The van der Waals surface area contributed by atoms with Gasteiger partial charge in [-0.3, -0.25) is 19.3 Å². The Morgan fingerprint density at radius 1 is 0.947 bits per heavy atom. The van der Waals surface area contributed by atoms with E-state index >= 15 is 0 Å². The van der Waals surface area contributed by atoms with Gasteiger partial charge in [0, 0.05) is 18.1 Å². The Morgan fingerprint density at radius 3 is 2.13 bits per heavy atom. The van der Waals surface area contributed by atoms with E-state index in [1.54, 1.807) is 18.2 Å². The number of imide groups is 1. The van der Waals surface area contributed by atoms with Crippen molar-refractivity contribution in [3.8, 4) is 0 Å². The Labute approximate surface area is 225 Å². The maximum atomic E-state index is 13.5. The van der Waals surface area contributed by atoms with E-state index in [1.165, 1.54) is 24.9 Å². The highest BCUT2D eigenvalue weighted by molar-refractivity contribution is 6.23. The lowest BCUT2D eigenvalue weighted by atomic mass is 9.95. The van der Waals surface area contributed by atoms with Gasteiger partial charge in [-0.25, -0.2) is 0 Å². The standard InChI is InChI=1S/C29H41N5O4/c1-4-21(5-2)34-28(36)22-17-12-18-23(24(22)29(34)37)32-33-25(26(35)30-19-13-8-6-9-14-19)27(38-3)31-20-15-10-7-11-16-20/h12,17-21,31H,4-11,13-16H2,1-3H3,(H,30,35)/b27-25-,33-32?. The van der Waals surface area contributed by atoms with Gasteiger partial charge in [-0.15, -0.1) is 10.2 Å². The number of benzene rings is 1. The highest BCUT2D eigenvalue weighted by atomic mass is 16.5. The van der Waals surface area contributed by atoms with E-state index in [1.807, 2.05) is 13.8 Å². The first-order valence-corrected chi connectivity index (χ1v) is 14.3. The largest absolute Gasteiger partial charge is 0.481 e. The summed E-state index contributed by atoms with van der Waals surface area (Å²) in [4.78, 5) is 41.3. The summed E-state index contributed by atoms with van der Waals surface area (Å²) in [7, 11) is 1.52. The second kappa shape index (κ2) is 13.0. The lowest BCUT2D eigenvalue weighted by molar-refractivity contribution is -0.118. The molecule has 0 atom stereocenters. The molecule has 2 N–H and O–H groups in total. The van der Waals surface area contributed by atoms with Gasteiger partial charge in [-0.05, 0) is 50.7 Å². The van der Waals surface area contributed by atoms with Crippen LogP contribution in [0.4, 0.5) is 5.69 Å². The molecule has 9 heteroatoms. The molecule has 0 unspecified atom stereocenters. The summed E-state index contributed by atoms with van der Waals surface area (Å²) in [6, 6.07) is 5.10. The highest BCUT2D eigenvalue weighted by Gasteiger charge is 2.40. The van der Waals surface area contributed by atoms with Crippen LogP contribution in [0.15, 0.2) is 40.0 Å². The number of carbonyl (C=O) groups excluding carboxylic acids is 3. The monoisotopic (exact) mass is 523 g/mol. The molecule has 3 aliphatic rings. The molecule has 0 spiro atoms. The third kappa shape index (κ3) is 6.08. The number of nitrogens with one attached hydrogen (secondary N) is 2. The molecule has 1 aromatic carbocycles. The zero-order valence-electron chi connectivity index (χ0n) is 22.9. The molecule has 1 heterocycles. The molecule has 206 valence electrons. The molecular formula is C29H41N5O4. The van der Waals surface area contributed by atoms with E-state index in [9.17, 15) is 14.4 Å². The van der Waals surface area contributed by atoms with E-state index < -0.39 is 0 Å². The Morgan fingerprint density at radius 2 is 1.55 bits per heavy atom. The van der Waals surface area contributed by atoms with Gasteiger partial charge in [0.25, 0.3) is 17.7 Å². The van der Waals surface area contributed by atoms with Crippen LogP contribution in [0.2, 0.25) is 0 Å². The van der Waals surface area contributed by atoms with E-state index in [0.29, 0.717) is 18.4 Å². The first-order chi connectivity index (χ1) is 18.5. The Kier molecular flexibility index (Phi) is 9.53.